The second-order valence-electron chi connectivity index (χ2n) is 4.30. The standard InChI is InChI=1S/C13H19BrO/c1-4-13(2,3)11-5-7-12(8-6-11)15-10-9-14/h5-8H,4,9-10H2,1-3H3. The molecule has 0 fully saturated rings. The molecule has 1 nitrogen and oxygen atoms in total. The van der Waals surface area contributed by atoms with Crippen LogP contribution >= 0.6 is 15.9 Å². The molecule has 0 atom stereocenters. The van der Waals surface area contributed by atoms with Gasteiger partial charge in [-0.25, -0.2) is 0 Å². The molecule has 15 heavy (non-hydrogen) atoms. The molecule has 0 unspecified atom stereocenters. The van der Waals surface area contributed by atoms with Crippen molar-refractivity contribution in [3.8, 4) is 5.75 Å². The van der Waals surface area contributed by atoms with Crippen LogP contribution in [0.25, 0.3) is 0 Å². The Bertz CT molecular complexity index is 290. The monoisotopic (exact) mass is 270 g/mol. The zero-order chi connectivity index (χ0) is 11.3. The summed E-state index contributed by atoms with van der Waals surface area (Å²) in [6.45, 7) is 7.47. The van der Waals surface area contributed by atoms with E-state index in [2.05, 4.69) is 61.0 Å². The Hall–Kier alpha value is -0.500. The second kappa shape index (κ2) is 5.55. The van der Waals surface area contributed by atoms with Crippen LogP contribution in [0.5, 0.6) is 5.75 Å². The van der Waals surface area contributed by atoms with Gasteiger partial charge in [0.2, 0.25) is 0 Å². The number of halogens is 1. The van der Waals surface area contributed by atoms with Crippen molar-refractivity contribution in [2.24, 2.45) is 0 Å². The van der Waals surface area contributed by atoms with Gasteiger partial charge in [-0.15, -0.1) is 0 Å². The lowest BCUT2D eigenvalue weighted by atomic mass is 9.82. The first-order valence-corrected chi connectivity index (χ1v) is 6.51. The van der Waals surface area contributed by atoms with Gasteiger partial charge in [0.05, 0.1) is 6.61 Å². The van der Waals surface area contributed by atoms with Gasteiger partial charge < -0.3 is 4.74 Å². The predicted molar refractivity (Wildman–Crippen MR) is 69.0 cm³/mol. The number of hydrogen-bond acceptors (Lipinski definition) is 1. The van der Waals surface area contributed by atoms with Gasteiger partial charge in [-0.05, 0) is 29.5 Å². The molecular formula is C13H19BrO. The highest BCUT2D eigenvalue weighted by atomic mass is 79.9. The van der Waals surface area contributed by atoms with E-state index in [9.17, 15) is 0 Å². The van der Waals surface area contributed by atoms with Gasteiger partial charge in [0.15, 0.2) is 0 Å². The first kappa shape index (κ1) is 12.6. The van der Waals surface area contributed by atoms with Crippen molar-refractivity contribution in [2.45, 2.75) is 32.6 Å². The minimum Gasteiger partial charge on any atom is -0.493 e. The fourth-order valence-corrected chi connectivity index (χ4v) is 1.52. The fourth-order valence-electron chi connectivity index (χ4n) is 1.36. The molecule has 0 bridgehead atoms. The van der Waals surface area contributed by atoms with E-state index in [1.165, 1.54) is 5.56 Å². The number of rotatable bonds is 5. The number of ether oxygens (including phenoxy) is 1. The average Bonchev–Trinajstić information content (AvgIpc) is 2.27. The van der Waals surface area contributed by atoms with Crippen LogP contribution in [0, 0.1) is 0 Å². The lowest BCUT2D eigenvalue weighted by Gasteiger charge is -2.23. The van der Waals surface area contributed by atoms with Crippen LogP contribution in [0.15, 0.2) is 24.3 Å². The highest BCUT2D eigenvalue weighted by Crippen LogP contribution is 2.27. The first-order chi connectivity index (χ1) is 7.10. The van der Waals surface area contributed by atoms with Crippen molar-refractivity contribution in [1.29, 1.82) is 0 Å². The lowest BCUT2D eigenvalue weighted by Crippen LogP contribution is -2.15. The SMILES string of the molecule is CCC(C)(C)c1ccc(OCCBr)cc1. The Morgan fingerprint density at radius 2 is 1.80 bits per heavy atom. The minimum atomic E-state index is 0.258. The molecule has 0 amide bonds. The largest absolute Gasteiger partial charge is 0.493 e. The van der Waals surface area contributed by atoms with E-state index in [-0.39, 0.29) is 5.41 Å². The smallest absolute Gasteiger partial charge is 0.119 e. The van der Waals surface area contributed by atoms with Crippen molar-refractivity contribution in [2.75, 3.05) is 11.9 Å². The molecule has 1 rings (SSSR count). The van der Waals surface area contributed by atoms with E-state index < -0.39 is 0 Å². The van der Waals surface area contributed by atoms with Crippen LogP contribution in [0.4, 0.5) is 0 Å². The summed E-state index contributed by atoms with van der Waals surface area (Å²) in [5.41, 5.74) is 1.63. The molecule has 0 radical (unpaired) electrons. The van der Waals surface area contributed by atoms with Crippen LogP contribution < -0.4 is 4.74 Å². The highest BCUT2D eigenvalue weighted by Gasteiger charge is 2.17. The topological polar surface area (TPSA) is 9.23 Å². The molecule has 0 saturated carbocycles. The van der Waals surface area contributed by atoms with Crippen molar-refractivity contribution >= 4 is 15.9 Å². The molecule has 0 spiro atoms. The van der Waals surface area contributed by atoms with E-state index in [0.29, 0.717) is 0 Å². The molecule has 0 aliphatic heterocycles. The zero-order valence-corrected chi connectivity index (χ0v) is 11.3. The molecular weight excluding hydrogens is 252 g/mol. The summed E-state index contributed by atoms with van der Waals surface area (Å²) in [7, 11) is 0. The van der Waals surface area contributed by atoms with Crippen LogP contribution in [0.2, 0.25) is 0 Å². The Morgan fingerprint density at radius 3 is 2.27 bits per heavy atom. The van der Waals surface area contributed by atoms with Gasteiger partial charge in [0, 0.05) is 5.33 Å². The Labute approximate surface area is 101 Å². The Kier molecular flexibility index (Phi) is 4.65. The van der Waals surface area contributed by atoms with Crippen LogP contribution in [-0.2, 0) is 5.41 Å². The van der Waals surface area contributed by atoms with E-state index >= 15 is 0 Å². The van der Waals surface area contributed by atoms with E-state index in [0.717, 1.165) is 24.1 Å². The average molecular weight is 271 g/mol. The zero-order valence-electron chi connectivity index (χ0n) is 9.72. The molecule has 0 aromatic heterocycles. The van der Waals surface area contributed by atoms with Crippen molar-refractivity contribution < 1.29 is 4.74 Å². The predicted octanol–water partition coefficient (Wildman–Crippen LogP) is 4.15. The van der Waals surface area contributed by atoms with Gasteiger partial charge in [-0.1, -0.05) is 48.8 Å². The summed E-state index contributed by atoms with van der Waals surface area (Å²) in [4.78, 5) is 0. The summed E-state index contributed by atoms with van der Waals surface area (Å²) in [5, 5.41) is 0.870. The van der Waals surface area contributed by atoms with Crippen molar-refractivity contribution in [3.05, 3.63) is 29.8 Å². The Morgan fingerprint density at radius 1 is 1.20 bits per heavy atom. The molecule has 2 heteroatoms. The first-order valence-electron chi connectivity index (χ1n) is 5.39. The maximum Gasteiger partial charge on any atom is 0.119 e. The normalized spacial score (nSPS) is 11.5. The molecule has 1 aromatic carbocycles. The third kappa shape index (κ3) is 3.53. The molecule has 1 aromatic rings. The summed E-state index contributed by atoms with van der Waals surface area (Å²) in [6, 6.07) is 8.42. The van der Waals surface area contributed by atoms with Crippen LogP contribution in [0.1, 0.15) is 32.8 Å². The lowest BCUT2D eigenvalue weighted by molar-refractivity contribution is 0.344. The van der Waals surface area contributed by atoms with E-state index in [1.54, 1.807) is 0 Å². The minimum absolute atomic E-state index is 0.258. The van der Waals surface area contributed by atoms with Crippen molar-refractivity contribution in [1.82, 2.24) is 0 Å². The van der Waals surface area contributed by atoms with Gasteiger partial charge in [0.25, 0.3) is 0 Å². The summed E-state index contributed by atoms with van der Waals surface area (Å²) in [6.07, 6.45) is 1.15. The van der Waals surface area contributed by atoms with E-state index in [4.69, 9.17) is 4.74 Å². The Balaban J connectivity index is 2.72. The van der Waals surface area contributed by atoms with Crippen molar-refractivity contribution in [3.63, 3.8) is 0 Å². The maximum atomic E-state index is 5.51. The molecule has 0 saturated heterocycles. The molecule has 0 aliphatic rings. The fraction of sp³-hybridized carbons (Fsp3) is 0.538. The second-order valence-corrected chi connectivity index (χ2v) is 5.09. The molecule has 84 valence electrons. The van der Waals surface area contributed by atoms with Crippen LogP contribution in [0.3, 0.4) is 0 Å². The van der Waals surface area contributed by atoms with Crippen LogP contribution in [-0.4, -0.2) is 11.9 Å². The van der Waals surface area contributed by atoms with Gasteiger partial charge >= 0.3 is 0 Å². The molecule has 0 aliphatic carbocycles. The molecule has 0 N–H and O–H groups in total. The van der Waals surface area contributed by atoms with Gasteiger partial charge in [-0.2, -0.15) is 0 Å². The maximum absolute atomic E-state index is 5.51. The number of hydrogen-bond donors (Lipinski definition) is 0. The summed E-state index contributed by atoms with van der Waals surface area (Å²) in [5.74, 6) is 0.949. The van der Waals surface area contributed by atoms with E-state index in [1.807, 2.05) is 0 Å². The summed E-state index contributed by atoms with van der Waals surface area (Å²) >= 11 is 3.34. The van der Waals surface area contributed by atoms with Gasteiger partial charge in [0.1, 0.15) is 5.75 Å². The third-order valence-electron chi connectivity index (χ3n) is 2.87. The highest BCUT2D eigenvalue weighted by molar-refractivity contribution is 9.09. The number of benzene rings is 1. The quantitative estimate of drug-likeness (QED) is 0.731. The summed E-state index contributed by atoms with van der Waals surface area (Å²) < 4.78 is 5.51. The molecule has 0 heterocycles. The number of alkyl halides is 1. The van der Waals surface area contributed by atoms with Gasteiger partial charge in [-0.3, -0.25) is 0 Å². The third-order valence-corrected chi connectivity index (χ3v) is 3.19.